The Balaban J connectivity index is 4.37. The zero-order valence-electron chi connectivity index (χ0n) is 7.04. The van der Waals surface area contributed by atoms with Crippen LogP contribution in [0.25, 0.3) is 0 Å². The lowest BCUT2D eigenvalue weighted by Crippen LogP contribution is -1.98. The van der Waals surface area contributed by atoms with Gasteiger partial charge >= 0.3 is 0 Å². The van der Waals surface area contributed by atoms with Crippen LogP contribution in [0, 0.1) is 0 Å². The number of aldehydes is 1. The number of nitrogens with zero attached hydrogens (tertiary/aromatic N) is 1. The molecule has 0 aliphatic heterocycles. The Kier molecular flexibility index (Phi) is 6.14. The molecule has 1 unspecified atom stereocenters. The van der Waals surface area contributed by atoms with Crippen LogP contribution < -0.4 is 0 Å². The lowest BCUT2D eigenvalue weighted by Gasteiger charge is -1.96. The van der Waals surface area contributed by atoms with E-state index in [9.17, 15) is 9.59 Å². The van der Waals surface area contributed by atoms with Gasteiger partial charge < -0.3 is 10.00 Å². The van der Waals surface area contributed by atoms with Crippen LogP contribution in [0.5, 0.6) is 0 Å². The van der Waals surface area contributed by atoms with Gasteiger partial charge in [0.25, 0.3) is 0 Å². The summed E-state index contributed by atoms with van der Waals surface area (Å²) in [4.78, 5) is 33.0. The van der Waals surface area contributed by atoms with Gasteiger partial charge in [0.2, 0.25) is 5.91 Å². The van der Waals surface area contributed by atoms with Crippen LogP contribution in [0.1, 0.15) is 6.92 Å². The van der Waals surface area contributed by atoms with Crippen molar-refractivity contribution in [3.63, 3.8) is 0 Å². The van der Waals surface area contributed by atoms with Crippen LogP contribution in [0.15, 0.2) is 16.9 Å². The zero-order valence-corrected chi connectivity index (χ0v) is 7.94. The molecule has 0 saturated heterocycles. The van der Waals surface area contributed by atoms with Crippen LogP contribution in [0.3, 0.4) is 0 Å². The zero-order chi connectivity index (χ0) is 10.3. The number of aliphatic hydroxyl groups is 1. The number of amides is 1. The van der Waals surface area contributed by atoms with E-state index in [4.69, 9.17) is 10.00 Å². The molecule has 1 atom stereocenters. The fourth-order valence-electron chi connectivity index (χ4n) is 0.494. The molecule has 5 nitrogen and oxygen atoms in total. The van der Waals surface area contributed by atoms with Gasteiger partial charge in [0.15, 0.2) is 6.29 Å². The number of hydrogen-bond donors (Lipinski definition) is 2. The molecule has 0 aromatic carbocycles. The topological polar surface area (TPSA) is 87.0 Å². The van der Waals surface area contributed by atoms with Crippen LogP contribution in [0.2, 0.25) is 0 Å². The molecule has 0 aliphatic carbocycles. The molecule has 72 valence electrons. The largest absolute Gasteiger partial charge is 0.389 e. The number of carbonyl (C=O) groups excluding carboxylic acids is 2. The fraction of sp³-hybridized carbons (Fsp3) is 0.286. The van der Waals surface area contributed by atoms with E-state index >= 15 is 0 Å². The molecule has 1 amide bonds. The van der Waals surface area contributed by atoms with E-state index in [2.05, 4.69) is 4.99 Å². The SMILES string of the molecule is CC(=O)N=C(C=O)/C=C/P(O)CO. The van der Waals surface area contributed by atoms with Gasteiger partial charge in [0.05, 0.1) is 14.5 Å². The number of rotatable bonds is 4. The maximum Gasteiger partial charge on any atom is 0.243 e. The quantitative estimate of drug-likeness (QED) is 0.383. The summed E-state index contributed by atoms with van der Waals surface area (Å²) in [6.07, 6.45) is 1.23. The molecule has 0 heterocycles. The van der Waals surface area contributed by atoms with Crippen molar-refractivity contribution in [2.45, 2.75) is 6.92 Å². The van der Waals surface area contributed by atoms with Crippen LogP contribution in [0.4, 0.5) is 0 Å². The second kappa shape index (κ2) is 6.60. The summed E-state index contributed by atoms with van der Waals surface area (Å²) in [5.74, 6) is 0.754. The highest BCUT2D eigenvalue weighted by molar-refractivity contribution is 7.54. The predicted molar refractivity (Wildman–Crippen MR) is 49.5 cm³/mol. The first-order valence-electron chi connectivity index (χ1n) is 3.39. The van der Waals surface area contributed by atoms with E-state index in [1.54, 1.807) is 0 Å². The summed E-state index contributed by atoms with van der Waals surface area (Å²) < 4.78 is 0. The molecule has 0 aromatic heterocycles. The van der Waals surface area contributed by atoms with Gasteiger partial charge in [-0.2, -0.15) is 0 Å². The third kappa shape index (κ3) is 6.28. The number of allylic oxidation sites excluding steroid dienone is 1. The first-order valence-corrected chi connectivity index (χ1v) is 4.94. The molecule has 0 spiro atoms. The number of aliphatic imine (C=N–C) groups is 1. The Morgan fingerprint density at radius 2 is 2.23 bits per heavy atom. The molecule has 0 saturated carbocycles. The molecule has 0 bridgehead atoms. The minimum absolute atomic E-state index is 0.0671. The maximum atomic E-state index is 10.4. The summed E-state index contributed by atoms with van der Waals surface area (Å²) in [5.41, 5.74) is -0.0671. The van der Waals surface area contributed by atoms with Gasteiger partial charge in [-0.05, 0) is 11.9 Å². The molecule has 0 aromatic rings. The van der Waals surface area contributed by atoms with Crippen molar-refractivity contribution in [3.8, 4) is 0 Å². The lowest BCUT2D eigenvalue weighted by molar-refractivity contribution is -0.116. The van der Waals surface area contributed by atoms with Crippen molar-refractivity contribution in [2.75, 3.05) is 6.35 Å². The molecular weight excluding hydrogens is 193 g/mol. The van der Waals surface area contributed by atoms with Crippen molar-refractivity contribution in [1.82, 2.24) is 0 Å². The van der Waals surface area contributed by atoms with Gasteiger partial charge in [-0.1, -0.05) is 0 Å². The van der Waals surface area contributed by atoms with Crippen LogP contribution in [-0.4, -0.2) is 34.3 Å². The smallest absolute Gasteiger partial charge is 0.243 e. The number of carbonyl (C=O) groups is 2. The second-order valence-electron chi connectivity index (χ2n) is 2.07. The van der Waals surface area contributed by atoms with E-state index in [0.717, 1.165) is 0 Å². The average molecular weight is 203 g/mol. The standard InChI is InChI=1S/C7H10NO4P/c1-6(11)8-7(4-9)2-3-13(12)5-10/h2-4,10,12H,5H2,1H3/b3-2+,8-7?. The number of hydrogen-bond acceptors (Lipinski definition) is 4. The predicted octanol–water partition coefficient (Wildman–Crippen LogP) is 0.0255. The highest BCUT2D eigenvalue weighted by Crippen LogP contribution is 2.28. The lowest BCUT2D eigenvalue weighted by atomic mass is 10.4. The van der Waals surface area contributed by atoms with Crippen molar-refractivity contribution >= 4 is 26.1 Å². The third-order valence-electron chi connectivity index (χ3n) is 0.970. The third-order valence-corrected chi connectivity index (χ3v) is 1.75. The highest BCUT2D eigenvalue weighted by atomic mass is 31.1. The van der Waals surface area contributed by atoms with Crippen molar-refractivity contribution in [1.29, 1.82) is 0 Å². The normalized spacial score (nSPS) is 14.5. The number of aliphatic hydroxyl groups excluding tert-OH is 1. The summed E-state index contributed by atoms with van der Waals surface area (Å²) >= 11 is 0. The Morgan fingerprint density at radius 3 is 2.62 bits per heavy atom. The molecule has 0 rings (SSSR count). The van der Waals surface area contributed by atoms with E-state index in [1.807, 2.05) is 0 Å². The Hall–Kier alpha value is -0.900. The van der Waals surface area contributed by atoms with Crippen molar-refractivity contribution < 1.29 is 19.6 Å². The van der Waals surface area contributed by atoms with Crippen molar-refractivity contribution in [3.05, 3.63) is 11.9 Å². The average Bonchev–Trinajstić information content (AvgIpc) is 2.10. The fourth-order valence-corrected chi connectivity index (χ4v) is 0.913. The van der Waals surface area contributed by atoms with Gasteiger partial charge in [-0.15, -0.1) is 0 Å². The summed E-state index contributed by atoms with van der Waals surface area (Å²) in [5, 5.41) is 8.43. The van der Waals surface area contributed by atoms with E-state index < -0.39 is 14.1 Å². The van der Waals surface area contributed by atoms with Gasteiger partial charge in [-0.3, -0.25) is 9.59 Å². The van der Waals surface area contributed by atoms with Gasteiger partial charge in [0.1, 0.15) is 5.71 Å². The van der Waals surface area contributed by atoms with Crippen LogP contribution >= 0.6 is 8.15 Å². The molecule has 0 fully saturated rings. The Bertz CT molecular complexity index is 249. The van der Waals surface area contributed by atoms with Gasteiger partial charge in [-0.25, -0.2) is 4.99 Å². The minimum atomic E-state index is -1.62. The van der Waals surface area contributed by atoms with Gasteiger partial charge in [0, 0.05) is 6.92 Å². The van der Waals surface area contributed by atoms with Crippen LogP contribution in [-0.2, 0) is 9.59 Å². The molecule has 0 aliphatic rings. The molecule has 6 heteroatoms. The van der Waals surface area contributed by atoms with E-state index in [0.29, 0.717) is 6.29 Å². The van der Waals surface area contributed by atoms with E-state index in [1.165, 1.54) is 18.8 Å². The Morgan fingerprint density at radius 1 is 1.62 bits per heavy atom. The first-order chi connectivity index (χ1) is 6.10. The molecule has 0 radical (unpaired) electrons. The van der Waals surface area contributed by atoms with Crippen molar-refractivity contribution in [2.24, 2.45) is 4.99 Å². The van der Waals surface area contributed by atoms with E-state index in [-0.39, 0.29) is 12.1 Å². The maximum absolute atomic E-state index is 10.4. The minimum Gasteiger partial charge on any atom is -0.389 e. The molecule has 2 N–H and O–H groups in total. The highest BCUT2D eigenvalue weighted by Gasteiger charge is 1.97. The molecule has 13 heavy (non-hydrogen) atoms. The summed E-state index contributed by atoms with van der Waals surface area (Å²) in [7, 11) is -1.62. The first kappa shape index (κ1) is 12.1. The second-order valence-corrected chi connectivity index (χ2v) is 3.53. The summed E-state index contributed by atoms with van der Waals surface area (Å²) in [6.45, 7) is 1.21. The molecular formula is C7H10NO4P. The summed E-state index contributed by atoms with van der Waals surface area (Å²) in [6, 6.07) is 0. The Labute approximate surface area is 76.6 Å². The monoisotopic (exact) mass is 203 g/mol.